The molecule has 1 heterocycles. The van der Waals surface area contributed by atoms with Crippen LogP contribution in [-0.4, -0.2) is 29.9 Å². The van der Waals surface area contributed by atoms with E-state index in [9.17, 15) is 9.59 Å². The first kappa shape index (κ1) is 17.0. The van der Waals surface area contributed by atoms with Gasteiger partial charge in [-0.25, -0.2) is 0 Å². The molecule has 1 atom stereocenters. The van der Waals surface area contributed by atoms with Crippen molar-refractivity contribution in [1.82, 2.24) is 4.90 Å². The van der Waals surface area contributed by atoms with Gasteiger partial charge in [0.2, 0.25) is 5.91 Å². The molecule has 1 fully saturated rings. The number of hydrogen-bond donors (Lipinski definition) is 0. The quantitative estimate of drug-likeness (QED) is 0.598. The average Bonchev–Trinajstić information content (AvgIpc) is 2.97. The van der Waals surface area contributed by atoms with Crippen LogP contribution in [0.1, 0.15) is 18.9 Å². The van der Waals surface area contributed by atoms with Gasteiger partial charge in [-0.3, -0.25) is 9.59 Å². The van der Waals surface area contributed by atoms with Crippen molar-refractivity contribution in [3.05, 3.63) is 60.2 Å². The van der Waals surface area contributed by atoms with Crippen molar-refractivity contribution in [2.45, 2.75) is 19.9 Å². The van der Waals surface area contributed by atoms with Gasteiger partial charge in [0.15, 0.2) is 0 Å². The number of benzene rings is 2. The molecule has 5 heteroatoms. The molecule has 1 amide bonds. The summed E-state index contributed by atoms with van der Waals surface area (Å²) in [7, 11) is 0. The average molecular weight is 339 g/mol. The molecule has 1 saturated heterocycles. The molecule has 25 heavy (non-hydrogen) atoms. The maximum absolute atomic E-state index is 12.4. The van der Waals surface area contributed by atoms with E-state index >= 15 is 0 Å². The van der Waals surface area contributed by atoms with Crippen LogP contribution < -0.4 is 4.74 Å². The molecule has 3 rings (SSSR count). The highest BCUT2D eigenvalue weighted by atomic mass is 16.5. The van der Waals surface area contributed by atoms with Gasteiger partial charge >= 0.3 is 5.97 Å². The topological polar surface area (TPSA) is 55.8 Å². The summed E-state index contributed by atoms with van der Waals surface area (Å²) < 4.78 is 10.8. The zero-order valence-corrected chi connectivity index (χ0v) is 14.2. The second kappa shape index (κ2) is 7.83. The molecular weight excluding hydrogens is 318 g/mol. The minimum Gasteiger partial charge on any atom is -0.465 e. The third-order valence-corrected chi connectivity index (χ3v) is 4.12. The molecule has 130 valence electrons. The van der Waals surface area contributed by atoms with E-state index in [4.69, 9.17) is 9.47 Å². The smallest absolute Gasteiger partial charge is 0.318 e. The number of ether oxygens (including phenoxy) is 2. The predicted molar refractivity (Wildman–Crippen MR) is 93.1 cm³/mol. The summed E-state index contributed by atoms with van der Waals surface area (Å²) in [6, 6.07) is 17.2. The van der Waals surface area contributed by atoms with Crippen LogP contribution in [0.25, 0.3) is 0 Å². The Labute approximate surface area is 147 Å². The highest BCUT2D eigenvalue weighted by Crippen LogP contribution is 2.25. The van der Waals surface area contributed by atoms with E-state index in [1.54, 1.807) is 11.8 Å². The SMILES string of the molecule is CCOC(=O)[C@@H]1CCN(Cc2cccc(Oc3ccccc3)c2)C1=O. The van der Waals surface area contributed by atoms with Crippen molar-refractivity contribution in [3.63, 3.8) is 0 Å². The van der Waals surface area contributed by atoms with Gasteiger partial charge in [0.05, 0.1) is 6.61 Å². The Hall–Kier alpha value is -2.82. The largest absolute Gasteiger partial charge is 0.465 e. The van der Waals surface area contributed by atoms with Crippen LogP contribution in [0, 0.1) is 5.92 Å². The summed E-state index contributed by atoms with van der Waals surface area (Å²) in [4.78, 5) is 25.9. The third-order valence-electron chi connectivity index (χ3n) is 4.12. The lowest BCUT2D eigenvalue weighted by atomic mass is 10.1. The van der Waals surface area contributed by atoms with Crippen molar-refractivity contribution in [1.29, 1.82) is 0 Å². The molecule has 0 spiro atoms. The Kier molecular flexibility index (Phi) is 5.33. The number of amides is 1. The van der Waals surface area contributed by atoms with E-state index in [0.29, 0.717) is 26.1 Å². The summed E-state index contributed by atoms with van der Waals surface area (Å²) in [6.07, 6.45) is 0.512. The minimum absolute atomic E-state index is 0.159. The van der Waals surface area contributed by atoms with Crippen LogP contribution in [0.5, 0.6) is 11.5 Å². The first-order chi connectivity index (χ1) is 12.2. The molecule has 0 aromatic heterocycles. The number of rotatable bonds is 6. The lowest BCUT2D eigenvalue weighted by Gasteiger charge is -2.17. The van der Waals surface area contributed by atoms with Crippen LogP contribution in [0.4, 0.5) is 0 Å². The lowest BCUT2D eigenvalue weighted by Crippen LogP contribution is -2.30. The number of carbonyl (C=O) groups is 2. The monoisotopic (exact) mass is 339 g/mol. The molecule has 0 N–H and O–H groups in total. The van der Waals surface area contributed by atoms with E-state index in [0.717, 1.165) is 17.1 Å². The lowest BCUT2D eigenvalue weighted by molar-refractivity contribution is -0.152. The van der Waals surface area contributed by atoms with Crippen LogP contribution in [0.2, 0.25) is 0 Å². The van der Waals surface area contributed by atoms with Crippen molar-refractivity contribution in [2.24, 2.45) is 5.92 Å². The van der Waals surface area contributed by atoms with Gasteiger partial charge in [-0.15, -0.1) is 0 Å². The molecule has 1 aliphatic heterocycles. The van der Waals surface area contributed by atoms with Gasteiger partial charge in [0.25, 0.3) is 0 Å². The fourth-order valence-corrected chi connectivity index (χ4v) is 2.91. The Morgan fingerprint density at radius 1 is 1.12 bits per heavy atom. The van der Waals surface area contributed by atoms with Gasteiger partial charge in [-0.2, -0.15) is 0 Å². The second-order valence-electron chi connectivity index (χ2n) is 5.92. The van der Waals surface area contributed by atoms with E-state index < -0.39 is 11.9 Å². The summed E-state index contributed by atoms with van der Waals surface area (Å²) >= 11 is 0. The first-order valence-corrected chi connectivity index (χ1v) is 8.44. The Morgan fingerprint density at radius 2 is 1.88 bits per heavy atom. The van der Waals surface area contributed by atoms with Crippen LogP contribution in [0.3, 0.4) is 0 Å². The Bertz CT molecular complexity index is 744. The fourth-order valence-electron chi connectivity index (χ4n) is 2.91. The van der Waals surface area contributed by atoms with Crippen molar-refractivity contribution >= 4 is 11.9 Å². The number of nitrogens with zero attached hydrogens (tertiary/aromatic N) is 1. The van der Waals surface area contributed by atoms with Gasteiger partial charge in [-0.05, 0) is 43.2 Å². The van der Waals surface area contributed by atoms with Gasteiger partial charge < -0.3 is 14.4 Å². The number of likely N-dealkylation sites (tertiary alicyclic amines) is 1. The zero-order chi connectivity index (χ0) is 17.6. The molecule has 0 radical (unpaired) electrons. The van der Waals surface area contributed by atoms with E-state index in [1.807, 2.05) is 54.6 Å². The zero-order valence-electron chi connectivity index (χ0n) is 14.2. The Balaban J connectivity index is 1.65. The second-order valence-corrected chi connectivity index (χ2v) is 5.92. The summed E-state index contributed by atoms with van der Waals surface area (Å²) in [5.74, 6) is 0.240. The predicted octanol–water partition coefficient (Wildman–Crippen LogP) is 3.39. The molecule has 2 aromatic carbocycles. The van der Waals surface area contributed by atoms with E-state index in [1.165, 1.54) is 0 Å². The van der Waals surface area contributed by atoms with Gasteiger partial charge in [0.1, 0.15) is 17.4 Å². The van der Waals surface area contributed by atoms with Gasteiger partial charge in [-0.1, -0.05) is 30.3 Å². The van der Waals surface area contributed by atoms with Crippen molar-refractivity contribution in [3.8, 4) is 11.5 Å². The molecule has 0 bridgehead atoms. The number of esters is 1. The molecule has 0 unspecified atom stereocenters. The summed E-state index contributed by atoms with van der Waals surface area (Å²) in [5, 5.41) is 0. The summed E-state index contributed by atoms with van der Waals surface area (Å²) in [5.41, 5.74) is 0.964. The maximum atomic E-state index is 12.4. The standard InChI is InChI=1S/C20H21NO4/c1-2-24-20(23)18-11-12-21(19(18)22)14-15-7-6-10-17(13-15)25-16-8-4-3-5-9-16/h3-10,13,18H,2,11-12,14H2,1H3/t18-/m1/s1. The number of hydrogen-bond acceptors (Lipinski definition) is 4. The molecule has 1 aliphatic rings. The first-order valence-electron chi connectivity index (χ1n) is 8.44. The Morgan fingerprint density at radius 3 is 2.64 bits per heavy atom. The molecular formula is C20H21NO4. The van der Waals surface area contributed by atoms with Gasteiger partial charge in [0, 0.05) is 13.1 Å². The molecule has 2 aromatic rings. The minimum atomic E-state index is -0.663. The molecule has 0 saturated carbocycles. The summed E-state index contributed by atoms with van der Waals surface area (Å²) in [6.45, 7) is 3.06. The fraction of sp³-hybridized carbons (Fsp3) is 0.300. The van der Waals surface area contributed by atoms with Crippen LogP contribution in [0.15, 0.2) is 54.6 Å². The van der Waals surface area contributed by atoms with E-state index in [-0.39, 0.29) is 5.91 Å². The van der Waals surface area contributed by atoms with Crippen molar-refractivity contribution in [2.75, 3.05) is 13.2 Å². The van der Waals surface area contributed by atoms with E-state index in [2.05, 4.69) is 0 Å². The molecule has 0 aliphatic carbocycles. The van der Waals surface area contributed by atoms with Crippen molar-refractivity contribution < 1.29 is 19.1 Å². The normalized spacial score (nSPS) is 16.8. The highest BCUT2D eigenvalue weighted by molar-refractivity contribution is 5.99. The van der Waals surface area contributed by atoms with Crippen LogP contribution >= 0.6 is 0 Å². The maximum Gasteiger partial charge on any atom is 0.318 e. The highest BCUT2D eigenvalue weighted by Gasteiger charge is 2.37. The van der Waals surface area contributed by atoms with Crippen LogP contribution in [-0.2, 0) is 20.9 Å². The number of para-hydroxylation sites is 1. The molecule has 5 nitrogen and oxygen atoms in total. The third kappa shape index (κ3) is 4.18. The number of carbonyl (C=O) groups excluding carboxylic acids is 2.